The SMILES string of the molecule is CNC(C)(C)C(=O)N1CCCC(CC(=O)O)C1. The zero-order chi connectivity index (χ0) is 13.1. The Balaban J connectivity index is 2.60. The quantitative estimate of drug-likeness (QED) is 0.761. The topological polar surface area (TPSA) is 69.6 Å². The van der Waals surface area contributed by atoms with Gasteiger partial charge in [0, 0.05) is 19.5 Å². The van der Waals surface area contributed by atoms with Crippen molar-refractivity contribution in [3.05, 3.63) is 0 Å². The van der Waals surface area contributed by atoms with Crippen LogP contribution in [0.2, 0.25) is 0 Å². The number of carbonyl (C=O) groups excluding carboxylic acids is 1. The summed E-state index contributed by atoms with van der Waals surface area (Å²) in [7, 11) is 1.76. The molecule has 0 saturated carbocycles. The van der Waals surface area contributed by atoms with Gasteiger partial charge in [0.2, 0.25) is 5.91 Å². The Morgan fingerprint density at radius 3 is 2.65 bits per heavy atom. The van der Waals surface area contributed by atoms with Crippen molar-refractivity contribution < 1.29 is 14.7 Å². The molecule has 17 heavy (non-hydrogen) atoms. The van der Waals surface area contributed by atoms with E-state index in [1.807, 2.05) is 13.8 Å². The summed E-state index contributed by atoms with van der Waals surface area (Å²) in [4.78, 5) is 24.7. The highest BCUT2D eigenvalue weighted by atomic mass is 16.4. The van der Waals surface area contributed by atoms with Gasteiger partial charge in [0.1, 0.15) is 0 Å². The number of carboxylic acid groups (broad SMARTS) is 1. The van der Waals surface area contributed by atoms with Gasteiger partial charge in [-0.2, -0.15) is 0 Å². The Hall–Kier alpha value is -1.10. The third kappa shape index (κ3) is 3.70. The van der Waals surface area contributed by atoms with Crippen molar-refractivity contribution in [2.75, 3.05) is 20.1 Å². The molecule has 0 aromatic carbocycles. The molecule has 0 aliphatic carbocycles. The van der Waals surface area contributed by atoms with Crippen LogP contribution in [0.4, 0.5) is 0 Å². The fourth-order valence-electron chi connectivity index (χ4n) is 2.17. The minimum absolute atomic E-state index is 0.0510. The van der Waals surface area contributed by atoms with Crippen LogP contribution in [0.5, 0.6) is 0 Å². The van der Waals surface area contributed by atoms with E-state index < -0.39 is 11.5 Å². The standard InChI is InChI=1S/C12H22N2O3/c1-12(2,13-3)11(17)14-6-4-5-9(8-14)7-10(15)16/h9,13H,4-8H2,1-3H3,(H,15,16). The van der Waals surface area contributed by atoms with Crippen LogP contribution in [0.25, 0.3) is 0 Å². The van der Waals surface area contributed by atoms with Crippen LogP contribution in [-0.4, -0.2) is 47.6 Å². The molecular weight excluding hydrogens is 220 g/mol. The van der Waals surface area contributed by atoms with E-state index in [9.17, 15) is 9.59 Å². The minimum Gasteiger partial charge on any atom is -0.481 e. The molecule has 0 aromatic heterocycles. The van der Waals surface area contributed by atoms with Gasteiger partial charge in [-0.1, -0.05) is 0 Å². The number of carboxylic acids is 1. The summed E-state index contributed by atoms with van der Waals surface area (Å²) in [5, 5.41) is 11.8. The predicted molar refractivity (Wildman–Crippen MR) is 64.7 cm³/mol. The van der Waals surface area contributed by atoms with Crippen molar-refractivity contribution in [3.8, 4) is 0 Å². The Morgan fingerprint density at radius 2 is 2.12 bits per heavy atom. The number of amides is 1. The van der Waals surface area contributed by atoms with Gasteiger partial charge in [-0.15, -0.1) is 0 Å². The highest BCUT2D eigenvalue weighted by Crippen LogP contribution is 2.21. The molecule has 1 aliphatic rings. The number of nitrogens with zero attached hydrogens (tertiary/aromatic N) is 1. The second kappa shape index (κ2) is 5.49. The number of hydrogen-bond donors (Lipinski definition) is 2. The molecule has 0 radical (unpaired) electrons. The third-order valence-corrected chi connectivity index (χ3v) is 3.43. The van der Waals surface area contributed by atoms with Gasteiger partial charge in [-0.05, 0) is 39.7 Å². The summed E-state index contributed by atoms with van der Waals surface area (Å²) in [5.41, 5.74) is -0.578. The predicted octanol–water partition coefficient (Wildman–Crippen LogP) is 0.698. The molecule has 0 aromatic rings. The van der Waals surface area contributed by atoms with Crippen LogP contribution in [0.3, 0.4) is 0 Å². The summed E-state index contributed by atoms with van der Waals surface area (Å²) in [5.74, 6) is -0.634. The fourth-order valence-corrected chi connectivity index (χ4v) is 2.17. The maximum Gasteiger partial charge on any atom is 0.303 e. The van der Waals surface area contributed by atoms with Crippen LogP contribution >= 0.6 is 0 Å². The molecule has 98 valence electrons. The van der Waals surface area contributed by atoms with Crippen LogP contribution in [0.15, 0.2) is 0 Å². The first-order valence-electron chi connectivity index (χ1n) is 6.07. The summed E-state index contributed by atoms with van der Waals surface area (Å²) in [6.45, 7) is 4.99. The van der Waals surface area contributed by atoms with Crippen molar-refractivity contribution in [1.82, 2.24) is 10.2 Å². The lowest BCUT2D eigenvalue weighted by molar-refractivity contribution is -0.142. The van der Waals surface area contributed by atoms with Gasteiger partial charge in [0.25, 0.3) is 0 Å². The monoisotopic (exact) mass is 242 g/mol. The minimum atomic E-state index is -0.780. The normalized spacial score (nSPS) is 21.4. The van der Waals surface area contributed by atoms with Gasteiger partial charge >= 0.3 is 5.97 Å². The number of likely N-dealkylation sites (tertiary alicyclic amines) is 1. The van der Waals surface area contributed by atoms with E-state index in [2.05, 4.69) is 5.32 Å². The lowest BCUT2D eigenvalue weighted by atomic mass is 9.93. The van der Waals surface area contributed by atoms with E-state index in [-0.39, 0.29) is 18.2 Å². The lowest BCUT2D eigenvalue weighted by Crippen LogP contribution is -2.55. The number of rotatable bonds is 4. The van der Waals surface area contributed by atoms with Gasteiger partial charge in [-0.3, -0.25) is 9.59 Å². The van der Waals surface area contributed by atoms with Crippen LogP contribution < -0.4 is 5.32 Å². The summed E-state index contributed by atoms with van der Waals surface area (Å²) >= 11 is 0. The summed E-state index contributed by atoms with van der Waals surface area (Å²) in [6, 6.07) is 0. The summed E-state index contributed by atoms with van der Waals surface area (Å²) < 4.78 is 0. The number of carbonyl (C=O) groups is 2. The van der Waals surface area contributed by atoms with Gasteiger partial charge < -0.3 is 15.3 Å². The Labute approximate surface area is 102 Å². The average Bonchev–Trinajstić information content (AvgIpc) is 2.27. The Kier molecular flexibility index (Phi) is 4.51. The molecule has 2 N–H and O–H groups in total. The molecule has 0 spiro atoms. The van der Waals surface area contributed by atoms with Crippen molar-refractivity contribution >= 4 is 11.9 Å². The zero-order valence-electron chi connectivity index (χ0n) is 10.8. The zero-order valence-corrected chi connectivity index (χ0v) is 10.8. The fraction of sp³-hybridized carbons (Fsp3) is 0.833. The second-order valence-electron chi connectivity index (χ2n) is 5.23. The van der Waals surface area contributed by atoms with Crippen molar-refractivity contribution in [2.45, 2.75) is 38.6 Å². The first-order valence-corrected chi connectivity index (χ1v) is 6.07. The van der Waals surface area contributed by atoms with Crippen LogP contribution in [-0.2, 0) is 9.59 Å². The smallest absolute Gasteiger partial charge is 0.303 e. The number of hydrogen-bond acceptors (Lipinski definition) is 3. The van der Waals surface area contributed by atoms with Crippen molar-refractivity contribution in [2.24, 2.45) is 5.92 Å². The van der Waals surface area contributed by atoms with Crippen molar-refractivity contribution in [3.63, 3.8) is 0 Å². The number of nitrogens with one attached hydrogen (secondary N) is 1. The van der Waals surface area contributed by atoms with Gasteiger partial charge in [-0.25, -0.2) is 0 Å². The second-order valence-corrected chi connectivity index (χ2v) is 5.23. The molecule has 1 fully saturated rings. The van der Waals surface area contributed by atoms with E-state index in [0.717, 1.165) is 19.4 Å². The molecule has 1 amide bonds. The third-order valence-electron chi connectivity index (χ3n) is 3.43. The Bertz CT molecular complexity index is 302. The molecule has 5 nitrogen and oxygen atoms in total. The van der Waals surface area contributed by atoms with Gasteiger partial charge in [0.15, 0.2) is 0 Å². The molecule has 1 atom stereocenters. The lowest BCUT2D eigenvalue weighted by Gasteiger charge is -2.37. The molecular formula is C12H22N2O3. The molecule has 1 heterocycles. The summed E-state index contributed by atoms with van der Waals surface area (Å²) in [6.07, 6.45) is 1.95. The average molecular weight is 242 g/mol. The highest BCUT2D eigenvalue weighted by molar-refractivity contribution is 5.85. The molecule has 1 rings (SSSR count). The number of likely N-dealkylation sites (N-methyl/N-ethyl adjacent to an activating group) is 1. The van der Waals surface area contributed by atoms with E-state index >= 15 is 0 Å². The van der Waals surface area contributed by atoms with Crippen molar-refractivity contribution in [1.29, 1.82) is 0 Å². The first-order chi connectivity index (χ1) is 7.86. The maximum absolute atomic E-state index is 12.2. The molecule has 1 unspecified atom stereocenters. The number of piperidine rings is 1. The van der Waals surface area contributed by atoms with Crippen LogP contribution in [0, 0.1) is 5.92 Å². The molecule has 1 aliphatic heterocycles. The molecule has 5 heteroatoms. The van der Waals surface area contributed by atoms with Gasteiger partial charge in [0.05, 0.1) is 5.54 Å². The number of aliphatic carboxylic acids is 1. The van der Waals surface area contributed by atoms with Crippen LogP contribution in [0.1, 0.15) is 33.1 Å². The largest absolute Gasteiger partial charge is 0.481 e. The Morgan fingerprint density at radius 1 is 1.47 bits per heavy atom. The van der Waals surface area contributed by atoms with E-state index in [4.69, 9.17) is 5.11 Å². The van der Waals surface area contributed by atoms with E-state index in [1.165, 1.54) is 0 Å². The first kappa shape index (κ1) is 14.0. The van der Waals surface area contributed by atoms with E-state index in [0.29, 0.717) is 6.54 Å². The highest BCUT2D eigenvalue weighted by Gasteiger charge is 2.33. The maximum atomic E-state index is 12.2. The molecule has 1 saturated heterocycles. The van der Waals surface area contributed by atoms with E-state index in [1.54, 1.807) is 11.9 Å². The molecule has 0 bridgehead atoms.